The number of thiocarbonyl (C=S) groups is 1. The van der Waals surface area contributed by atoms with Gasteiger partial charge < -0.3 is 20.7 Å². The molecule has 26 heavy (non-hydrogen) atoms. The standard InChI is InChI=1S/C20H25N3O2S/c1-14-8-9-18(12-15(14)2)23-20(26)21-10-5-11-25-19-7-4-6-17(13-19)22-16(3)24/h4,6-9,12-13H,5,10-11H2,1-3H3,(H,22,24)(H2,21,23,26). The molecule has 6 heteroatoms. The molecule has 138 valence electrons. The van der Waals surface area contributed by atoms with E-state index >= 15 is 0 Å². The van der Waals surface area contributed by atoms with Gasteiger partial charge in [-0.15, -0.1) is 0 Å². The van der Waals surface area contributed by atoms with E-state index in [0.717, 1.165) is 23.5 Å². The van der Waals surface area contributed by atoms with E-state index in [0.29, 0.717) is 18.3 Å². The second-order valence-corrected chi connectivity index (χ2v) is 6.50. The summed E-state index contributed by atoms with van der Waals surface area (Å²) in [5.74, 6) is 0.628. The van der Waals surface area contributed by atoms with Crippen molar-refractivity contribution >= 4 is 34.6 Å². The van der Waals surface area contributed by atoms with Crippen LogP contribution in [0, 0.1) is 13.8 Å². The second kappa shape index (κ2) is 9.77. The highest BCUT2D eigenvalue weighted by Gasteiger charge is 2.01. The molecule has 0 unspecified atom stereocenters. The summed E-state index contributed by atoms with van der Waals surface area (Å²) in [5, 5.41) is 9.69. The van der Waals surface area contributed by atoms with Crippen LogP contribution in [0.25, 0.3) is 0 Å². The lowest BCUT2D eigenvalue weighted by Gasteiger charge is -2.12. The summed E-state index contributed by atoms with van der Waals surface area (Å²) in [6.45, 7) is 6.91. The van der Waals surface area contributed by atoms with Gasteiger partial charge >= 0.3 is 0 Å². The number of rotatable bonds is 7. The highest BCUT2D eigenvalue weighted by Crippen LogP contribution is 2.17. The fourth-order valence-corrected chi connectivity index (χ4v) is 2.55. The number of carbonyl (C=O) groups excluding carboxylic acids is 1. The van der Waals surface area contributed by atoms with Crippen molar-refractivity contribution < 1.29 is 9.53 Å². The highest BCUT2D eigenvalue weighted by atomic mass is 32.1. The Morgan fingerprint density at radius 2 is 1.81 bits per heavy atom. The van der Waals surface area contributed by atoms with E-state index in [1.54, 1.807) is 6.07 Å². The van der Waals surface area contributed by atoms with E-state index in [-0.39, 0.29) is 5.91 Å². The molecule has 0 aliphatic heterocycles. The molecule has 0 aliphatic carbocycles. The summed E-state index contributed by atoms with van der Waals surface area (Å²) in [4.78, 5) is 11.1. The molecule has 0 fully saturated rings. The van der Waals surface area contributed by atoms with Crippen molar-refractivity contribution in [1.82, 2.24) is 5.32 Å². The first-order chi connectivity index (χ1) is 12.4. The lowest BCUT2D eigenvalue weighted by molar-refractivity contribution is -0.114. The molecule has 0 spiro atoms. The molecule has 1 amide bonds. The van der Waals surface area contributed by atoms with E-state index in [2.05, 4.69) is 41.9 Å². The quantitative estimate of drug-likeness (QED) is 0.507. The van der Waals surface area contributed by atoms with Crippen molar-refractivity contribution in [1.29, 1.82) is 0 Å². The van der Waals surface area contributed by atoms with Gasteiger partial charge in [0.1, 0.15) is 5.75 Å². The topological polar surface area (TPSA) is 62.4 Å². The summed E-state index contributed by atoms with van der Waals surface area (Å²) in [5.41, 5.74) is 4.20. The molecular formula is C20H25N3O2S. The Balaban J connectivity index is 1.67. The second-order valence-electron chi connectivity index (χ2n) is 6.09. The Kier molecular flexibility index (Phi) is 7.41. The van der Waals surface area contributed by atoms with Crippen LogP contribution >= 0.6 is 12.2 Å². The fraction of sp³-hybridized carbons (Fsp3) is 0.300. The van der Waals surface area contributed by atoms with E-state index in [1.807, 2.05) is 24.3 Å². The van der Waals surface area contributed by atoms with Crippen molar-refractivity contribution in [3.05, 3.63) is 53.6 Å². The number of hydrogen-bond donors (Lipinski definition) is 3. The zero-order valence-corrected chi connectivity index (χ0v) is 16.2. The lowest BCUT2D eigenvalue weighted by Crippen LogP contribution is -2.30. The van der Waals surface area contributed by atoms with E-state index in [4.69, 9.17) is 17.0 Å². The Hall–Kier alpha value is -2.60. The van der Waals surface area contributed by atoms with Gasteiger partial charge in [-0.2, -0.15) is 0 Å². The number of anilines is 2. The molecule has 0 saturated carbocycles. The minimum Gasteiger partial charge on any atom is -0.493 e. The van der Waals surface area contributed by atoms with Crippen LogP contribution < -0.4 is 20.7 Å². The molecule has 0 heterocycles. The van der Waals surface area contributed by atoms with Gasteiger partial charge in [0.05, 0.1) is 6.61 Å². The van der Waals surface area contributed by atoms with E-state index in [9.17, 15) is 4.79 Å². The van der Waals surface area contributed by atoms with Crippen LogP contribution in [-0.4, -0.2) is 24.2 Å². The van der Waals surface area contributed by atoms with Gasteiger partial charge in [-0.1, -0.05) is 12.1 Å². The zero-order chi connectivity index (χ0) is 18.9. The molecule has 0 radical (unpaired) electrons. The number of aryl methyl sites for hydroxylation is 2. The summed E-state index contributed by atoms with van der Waals surface area (Å²) < 4.78 is 5.70. The summed E-state index contributed by atoms with van der Waals surface area (Å²) in [7, 11) is 0. The van der Waals surface area contributed by atoms with Gasteiger partial charge in [-0.3, -0.25) is 4.79 Å². The van der Waals surface area contributed by atoms with Crippen LogP contribution in [0.5, 0.6) is 5.75 Å². The number of carbonyl (C=O) groups is 1. The molecule has 2 aromatic carbocycles. The van der Waals surface area contributed by atoms with Crippen molar-refractivity contribution in [2.24, 2.45) is 0 Å². The van der Waals surface area contributed by atoms with Crippen LogP contribution in [0.4, 0.5) is 11.4 Å². The molecule has 2 aromatic rings. The zero-order valence-electron chi connectivity index (χ0n) is 15.4. The van der Waals surface area contributed by atoms with E-state index in [1.165, 1.54) is 18.1 Å². The maximum Gasteiger partial charge on any atom is 0.221 e. The molecule has 0 saturated heterocycles. The van der Waals surface area contributed by atoms with Crippen LogP contribution in [-0.2, 0) is 4.79 Å². The number of ether oxygens (including phenoxy) is 1. The molecule has 0 aromatic heterocycles. The monoisotopic (exact) mass is 371 g/mol. The third-order valence-electron chi connectivity index (χ3n) is 3.79. The number of amides is 1. The Morgan fingerprint density at radius 1 is 1.04 bits per heavy atom. The minimum absolute atomic E-state index is 0.101. The first-order valence-corrected chi connectivity index (χ1v) is 8.97. The number of benzene rings is 2. The molecule has 5 nitrogen and oxygen atoms in total. The summed E-state index contributed by atoms with van der Waals surface area (Å²) >= 11 is 5.31. The van der Waals surface area contributed by atoms with E-state index < -0.39 is 0 Å². The van der Waals surface area contributed by atoms with Gasteiger partial charge in [0, 0.05) is 30.9 Å². The molecular weight excluding hydrogens is 346 g/mol. The Labute approximate surface area is 160 Å². The molecule has 0 aliphatic rings. The SMILES string of the molecule is CC(=O)Nc1cccc(OCCCNC(=S)Nc2ccc(C)c(C)c2)c1. The Bertz CT molecular complexity index is 777. The lowest BCUT2D eigenvalue weighted by atomic mass is 10.1. The van der Waals surface area contributed by atoms with Gasteiger partial charge in [-0.25, -0.2) is 0 Å². The van der Waals surface area contributed by atoms with Crippen LogP contribution in [0.15, 0.2) is 42.5 Å². The van der Waals surface area contributed by atoms with Gasteiger partial charge in [-0.05, 0) is 67.9 Å². The molecule has 0 bridgehead atoms. The third kappa shape index (κ3) is 6.72. The van der Waals surface area contributed by atoms with Gasteiger partial charge in [0.25, 0.3) is 0 Å². The predicted octanol–water partition coefficient (Wildman–Crippen LogP) is 4.02. The van der Waals surface area contributed by atoms with Crippen LogP contribution in [0.2, 0.25) is 0 Å². The minimum atomic E-state index is -0.101. The van der Waals surface area contributed by atoms with Gasteiger partial charge in [0.15, 0.2) is 5.11 Å². The van der Waals surface area contributed by atoms with Crippen LogP contribution in [0.3, 0.4) is 0 Å². The summed E-state index contributed by atoms with van der Waals surface area (Å²) in [6.07, 6.45) is 0.805. The fourth-order valence-electron chi connectivity index (χ4n) is 2.33. The highest BCUT2D eigenvalue weighted by molar-refractivity contribution is 7.80. The molecule has 3 N–H and O–H groups in total. The van der Waals surface area contributed by atoms with Crippen molar-refractivity contribution in [3.63, 3.8) is 0 Å². The van der Waals surface area contributed by atoms with Crippen molar-refractivity contribution in [2.45, 2.75) is 27.2 Å². The van der Waals surface area contributed by atoms with Crippen molar-refractivity contribution in [3.8, 4) is 5.75 Å². The largest absolute Gasteiger partial charge is 0.493 e. The van der Waals surface area contributed by atoms with Gasteiger partial charge in [0.2, 0.25) is 5.91 Å². The molecule has 2 rings (SSSR count). The average molecular weight is 372 g/mol. The third-order valence-corrected chi connectivity index (χ3v) is 4.04. The summed E-state index contributed by atoms with van der Waals surface area (Å²) in [6, 6.07) is 13.5. The van der Waals surface area contributed by atoms with Crippen LogP contribution in [0.1, 0.15) is 24.5 Å². The maximum absolute atomic E-state index is 11.1. The normalized spacial score (nSPS) is 10.1. The molecule has 0 atom stereocenters. The predicted molar refractivity (Wildman–Crippen MR) is 111 cm³/mol. The number of hydrogen-bond acceptors (Lipinski definition) is 3. The Morgan fingerprint density at radius 3 is 2.54 bits per heavy atom. The smallest absolute Gasteiger partial charge is 0.221 e. The first kappa shape index (κ1) is 19.7. The maximum atomic E-state index is 11.1. The van der Waals surface area contributed by atoms with Crippen molar-refractivity contribution in [2.75, 3.05) is 23.8 Å². The first-order valence-electron chi connectivity index (χ1n) is 8.56. The average Bonchev–Trinajstić information content (AvgIpc) is 2.57. The number of nitrogens with one attached hydrogen (secondary N) is 3.